The molecule has 0 saturated heterocycles. The molecule has 5 nitrogen and oxygen atoms in total. The number of aliphatic carboxylic acids is 1. The number of ether oxygens (including phenoxy) is 2. The van der Waals surface area contributed by atoms with Crippen LogP contribution in [0.4, 0.5) is 0 Å². The molecule has 17 heavy (non-hydrogen) atoms. The van der Waals surface area contributed by atoms with Gasteiger partial charge in [-0.2, -0.15) is 0 Å². The summed E-state index contributed by atoms with van der Waals surface area (Å²) in [6.07, 6.45) is 1.80. The molecule has 0 aromatic rings. The third-order valence-electron chi connectivity index (χ3n) is 3.44. The van der Waals surface area contributed by atoms with E-state index in [1.807, 2.05) is 13.8 Å². The van der Waals surface area contributed by atoms with Crippen molar-refractivity contribution < 1.29 is 19.4 Å². The summed E-state index contributed by atoms with van der Waals surface area (Å²) in [5, 5.41) is 9.50. The molecule has 0 spiro atoms. The second-order valence-electron chi connectivity index (χ2n) is 4.54. The molecule has 1 rings (SSSR count). The molecular formula is C12H23NO4. The van der Waals surface area contributed by atoms with Crippen molar-refractivity contribution in [2.24, 2.45) is 11.1 Å². The lowest BCUT2D eigenvalue weighted by molar-refractivity contribution is -0.222. The largest absolute Gasteiger partial charge is 0.481 e. The summed E-state index contributed by atoms with van der Waals surface area (Å²) >= 11 is 0. The summed E-state index contributed by atoms with van der Waals surface area (Å²) < 4.78 is 11.0. The minimum Gasteiger partial charge on any atom is -0.481 e. The Kier molecular flexibility index (Phi) is 5.36. The van der Waals surface area contributed by atoms with Gasteiger partial charge < -0.3 is 20.3 Å². The second-order valence-corrected chi connectivity index (χ2v) is 4.54. The van der Waals surface area contributed by atoms with Crippen LogP contribution >= 0.6 is 0 Å². The maximum atomic E-state index is 11.6. The molecule has 0 unspecified atom stereocenters. The monoisotopic (exact) mass is 245 g/mol. The van der Waals surface area contributed by atoms with Crippen molar-refractivity contribution in [3.05, 3.63) is 0 Å². The highest BCUT2D eigenvalue weighted by Gasteiger charge is 2.49. The predicted octanol–water partition coefficient (Wildman–Crippen LogP) is 1.36. The summed E-state index contributed by atoms with van der Waals surface area (Å²) in [6, 6.07) is 0.103. The molecule has 1 fully saturated rings. The first kappa shape index (κ1) is 14.4. The van der Waals surface area contributed by atoms with Crippen LogP contribution in [0.15, 0.2) is 0 Å². The van der Waals surface area contributed by atoms with Crippen LogP contribution in [0.2, 0.25) is 0 Å². The van der Waals surface area contributed by atoms with Gasteiger partial charge in [-0.15, -0.1) is 0 Å². The molecule has 1 aliphatic rings. The van der Waals surface area contributed by atoms with Crippen molar-refractivity contribution in [2.45, 2.75) is 51.9 Å². The quantitative estimate of drug-likeness (QED) is 0.690. The Bertz CT molecular complexity index is 243. The van der Waals surface area contributed by atoms with Crippen molar-refractivity contribution in [1.82, 2.24) is 0 Å². The van der Waals surface area contributed by atoms with Crippen LogP contribution in [-0.2, 0) is 14.3 Å². The molecule has 0 aromatic heterocycles. The average molecular weight is 245 g/mol. The van der Waals surface area contributed by atoms with Gasteiger partial charge in [0.1, 0.15) is 5.41 Å². The van der Waals surface area contributed by atoms with Crippen LogP contribution in [0, 0.1) is 5.41 Å². The summed E-state index contributed by atoms with van der Waals surface area (Å²) in [5.41, 5.74) is 4.90. The van der Waals surface area contributed by atoms with Gasteiger partial charge in [-0.1, -0.05) is 0 Å². The molecule has 0 aromatic carbocycles. The van der Waals surface area contributed by atoms with Gasteiger partial charge in [-0.25, -0.2) is 0 Å². The second kappa shape index (κ2) is 6.33. The van der Waals surface area contributed by atoms with Crippen LogP contribution in [0.25, 0.3) is 0 Å². The van der Waals surface area contributed by atoms with Crippen molar-refractivity contribution in [3.63, 3.8) is 0 Å². The highest BCUT2D eigenvalue weighted by molar-refractivity contribution is 5.75. The maximum absolute atomic E-state index is 11.6. The average Bonchev–Trinajstić information content (AvgIpc) is 2.30. The van der Waals surface area contributed by atoms with Gasteiger partial charge in [0.15, 0.2) is 6.29 Å². The Morgan fingerprint density at radius 3 is 2.18 bits per heavy atom. The van der Waals surface area contributed by atoms with Gasteiger partial charge in [-0.3, -0.25) is 4.79 Å². The van der Waals surface area contributed by atoms with Crippen molar-refractivity contribution in [2.75, 3.05) is 13.2 Å². The first-order chi connectivity index (χ1) is 8.06. The number of carboxylic acids is 1. The van der Waals surface area contributed by atoms with E-state index in [4.69, 9.17) is 15.2 Å². The highest BCUT2D eigenvalue weighted by atomic mass is 16.7. The zero-order chi connectivity index (χ0) is 12.9. The van der Waals surface area contributed by atoms with E-state index < -0.39 is 17.7 Å². The summed E-state index contributed by atoms with van der Waals surface area (Å²) in [7, 11) is 0. The van der Waals surface area contributed by atoms with Crippen molar-refractivity contribution in [3.8, 4) is 0 Å². The standard InChI is InChI=1S/C12H23NO4/c1-3-16-11(17-4-2)12(10(14)15)7-5-9(13)6-8-12/h9,11H,3-8,13H2,1-2H3,(H,14,15). The van der Waals surface area contributed by atoms with Gasteiger partial charge in [0.2, 0.25) is 0 Å². The summed E-state index contributed by atoms with van der Waals surface area (Å²) in [5.74, 6) is -0.837. The Hall–Kier alpha value is -0.650. The molecule has 0 amide bonds. The Labute approximate surface area is 102 Å². The first-order valence-electron chi connectivity index (χ1n) is 6.29. The molecule has 5 heteroatoms. The first-order valence-corrected chi connectivity index (χ1v) is 6.29. The van der Waals surface area contributed by atoms with E-state index in [-0.39, 0.29) is 6.04 Å². The van der Waals surface area contributed by atoms with Crippen molar-refractivity contribution >= 4 is 5.97 Å². The number of rotatable bonds is 6. The van der Waals surface area contributed by atoms with E-state index in [0.29, 0.717) is 38.9 Å². The number of hydrogen-bond acceptors (Lipinski definition) is 4. The molecule has 100 valence electrons. The van der Waals surface area contributed by atoms with E-state index in [2.05, 4.69) is 0 Å². The Morgan fingerprint density at radius 1 is 1.35 bits per heavy atom. The predicted molar refractivity (Wildman–Crippen MR) is 63.6 cm³/mol. The zero-order valence-corrected chi connectivity index (χ0v) is 10.6. The van der Waals surface area contributed by atoms with Gasteiger partial charge in [0, 0.05) is 19.3 Å². The topological polar surface area (TPSA) is 81.8 Å². The van der Waals surface area contributed by atoms with Crippen LogP contribution < -0.4 is 5.73 Å². The van der Waals surface area contributed by atoms with Crippen LogP contribution in [0.3, 0.4) is 0 Å². The van der Waals surface area contributed by atoms with Gasteiger partial charge in [-0.05, 0) is 39.5 Å². The number of carboxylic acid groups (broad SMARTS) is 1. The lowest BCUT2D eigenvalue weighted by Gasteiger charge is -2.40. The third-order valence-corrected chi connectivity index (χ3v) is 3.44. The van der Waals surface area contributed by atoms with Gasteiger partial charge in [0.25, 0.3) is 0 Å². The normalized spacial score (nSPS) is 29.5. The molecule has 1 aliphatic carbocycles. The molecular weight excluding hydrogens is 222 g/mol. The molecule has 1 saturated carbocycles. The van der Waals surface area contributed by atoms with Crippen LogP contribution in [0.1, 0.15) is 39.5 Å². The lowest BCUT2D eigenvalue weighted by Crippen LogP contribution is -2.49. The van der Waals surface area contributed by atoms with E-state index >= 15 is 0 Å². The fourth-order valence-corrected chi connectivity index (χ4v) is 2.38. The molecule has 0 bridgehead atoms. The zero-order valence-electron chi connectivity index (χ0n) is 10.6. The van der Waals surface area contributed by atoms with Crippen LogP contribution in [0.5, 0.6) is 0 Å². The number of hydrogen-bond donors (Lipinski definition) is 2. The highest BCUT2D eigenvalue weighted by Crippen LogP contribution is 2.41. The fourth-order valence-electron chi connectivity index (χ4n) is 2.38. The summed E-state index contributed by atoms with van der Waals surface area (Å²) in [4.78, 5) is 11.6. The van der Waals surface area contributed by atoms with Gasteiger partial charge >= 0.3 is 5.97 Å². The van der Waals surface area contributed by atoms with E-state index in [9.17, 15) is 9.90 Å². The fraction of sp³-hybridized carbons (Fsp3) is 0.917. The van der Waals surface area contributed by atoms with Crippen molar-refractivity contribution in [1.29, 1.82) is 0 Å². The molecule has 0 radical (unpaired) electrons. The minimum absolute atomic E-state index is 0.103. The van der Waals surface area contributed by atoms with E-state index in [1.54, 1.807) is 0 Å². The smallest absolute Gasteiger partial charge is 0.314 e. The maximum Gasteiger partial charge on any atom is 0.314 e. The summed E-state index contributed by atoms with van der Waals surface area (Å²) in [6.45, 7) is 4.59. The molecule has 0 atom stereocenters. The SMILES string of the molecule is CCOC(OCC)C1(C(=O)O)CCC(N)CC1. The number of carbonyl (C=O) groups is 1. The van der Waals surface area contributed by atoms with E-state index in [1.165, 1.54) is 0 Å². The number of nitrogens with two attached hydrogens (primary N) is 1. The third kappa shape index (κ3) is 3.18. The Morgan fingerprint density at radius 2 is 1.82 bits per heavy atom. The molecule has 0 heterocycles. The van der Waals surface area contributed by atoms with E-state index in [0.717, 1.165) is 0 Å². The Balaban J connectivity index is 2.84. The lowest BCUT2D eigenvalue weighted by atomic mass is 9.72. The minimum atomic E-state index is -0.929. The molecule has 0 aliphatic heterocycles. The van der Waals surface area contributed by atoms with Gasteiger partial charge in [0.05, 0.1) is 0 Å². The van der Waals surface area contributed by atoms with Crippen LogP contribution in [-0.4, -0.2) is 36.6 Å². The molecule has 3 N–H and O–H groups in total.